The van der Waals surface area contributed by atoms with Crippen LogP contribution in [0.25, 0.3) is 0 Å². The van der Waals surface area contributed by atoms with Crippen molar-refractivity contribution in [1.29, 1.82) is 0 Å². The van der Waals surface area contributed by atoms with E-state index < -0.39 is 0 Å². The smallest absolute Gasteiger partial charge is 0.306 e. The second kappa shape index (κ2) is 5.86. The predicted octanol–water partition coefficient (Wildman–Crippen LogP) is 1.84. The fourth-order valence-corrected chi connectivity index (χ4v) is 3.18. The van der Waals surface area contributed by atoms with Gasteiger partial charge in [-0.3, -0.25) is 4.90 Å². The van der Waals surface area contributed by atoms with Crippen LogP contribution in [0, 0.1) is 0 Å². The van der Waals surface area contributed by atoms with Crippen LogP contribution in [0.1, 0.15) is 39.6 Å². The van der Waals surface area contributed by atoms with Gasteiger partial charge in [-0.15, -0.1) is 10.2 Å². The third kappa shape index (κ3) is 3.02. The lowest BCUT2D eigenvalue weighted by Crippen LogP contribution is -2.51. The topological polar surface area (TPSA) is 64.6 Å². The number of rotatable bonds is 4. The van der Waals surface area contributed by atoms with Crippen molar-refractivity contribution in [1.82, 2.24) is 25.4 Å². The summed E-state index contributed by atoms with van der Waals surface area (Å²) in [5.74, 6) is 0. The minimum absolute atomic E-state index is 0.0665. The second-order valence-electron chi connectivity index (χ2n) is 6.07. The highest BCUT2D eigenvalue weighted by Gasteiger charge is 2.40. The monoisotopic (exact) mass is 312 g/mol. The lowest BCUT2D eigenvalue weighted by molar-refractivity contribution is 0.0822. The molecule has 1 aliphatic rings. The lowest BCUT2D eigenvalue weighted by atomic mass is 9.98. The van der Waals surface area contributed by atoms with E-state index in [-0.39, 0.29) is 17.7 Å². The molecule has 118 valence electrons. The standard InChI is InChI=1S/C13H24N6OS/c1-7-18(8-2)10-14-11(20)19(17(10)6)12-16-15-9(21-12)13(3,4)5/h10H,7-8H2,1-6H3,(H,14,20). The molecule has 1 saturated heterocycles. The molecular formula is C13H24N6OS. The Balaban J connectivity index is 2.24. The van der Waals surface area contributed by atoms with E-state index in [0.29, 0.717) is 5.13 Å². The highest BCUT2D eigenvalue weighted by Crippen LogP contribution is 2.31. The Morgan fingerprint density at radius 3 is 2.38 bits per heavy atom. The molecule has 0 bridgehead atoms. The van der Waals surface area contributed by atoms with Gasteiger partial charge in [0.2, 0.25) is 5.13 Å². The number of hydrazine groups is 1. The van der Waals surface area contributed by atoms with Gasteiger partial charge >= 0.3 is 6.03 Å². The number of carbonyl (C=O) groups excluding carboxylic acids is 1. The van der Waals surface area contributed by atoms with Gasteiger partial charge in [0.05, 0.1) is 0 Å². The van der Waals surface area contributed by atoms with Crippen LogP contribution in [0.5, 0.6) is 0 Å². The van der Waals surface area contributed by atoms with Crippen LogP contribution >= 0.6 is 11.3 Å². The Kier molecular flexibility index (Phi) is 4.50. The van der Waals surface area contributed by atoms with Crippen LogP contribution in [0.3, 0.4) is 0 Å². The maximum atomic E-state index is 12.3. The first-order valence-electron chi connectivity index (χ1n) is 7.21. The molecule has 1 aromatic heterocycles. The van der Waals surface area contributed by atoms with Crippen molar-refractivity contribution in [2.24, 2.45) is 0 Å². The molecule has 1 aromatic rings. The van der Waals surface area contributed by atoms with Crippen molar-refractivity contribution in [3.8, 4) is 0 Å². The van der Waals surface area contributed by atoms with Gasteiger partial charge in [-0.1, -0.05) is 46.0 Å². The first-order valence-corrected chi connectivity index (χ1v) is 8.02. The molecule has 0 spiro atoms. The predicted molar refractivity (Wildman–Crippen MR) is 84.1 cm³/mol. The van der Waals surface area contributed by atoms with Crippen LogP contribution in [0.15, 0.2) is 0 Å². The molecule has 1 atom stereocenters. The number of amides is 2. The summed E-state index contributed by atoms with van der Waals surface area (Å²) >= 11 is 1.46. The van der Waals surface area contributed by atoms with E-state index in [1.54, 1.807) is 5.01 Å². The molecule has 7 nitrogen and oxygen atoms in total. The number of hydrogen-bond donors (Lipinski definition) is 1. The second-order valence-corrected chi connectivity index (χ2v) is 7.03. The van der Waals surface area contributed by atoms with E-state index in [4.69, 9.17) is 0 Å². The number of hydrogen-bond acceptors (Lipinski definition) is 6. The van der Waals surface area contributed by atoms with Gasteiger partial charge in [0.1, 0.15) is 5.01 Å². The van der Waals surface area contributed by atoms with E-state index in [1.807, 2.05) is 12.1 Å². The van der Waals surface area contributed by atoms with E-state index in [2.05, 4.69) is 55.0 Å². The Hall–Kier alpha value is -1.25. The molecule has 2 heterocycles. The Bertz CT molecular complexity index is 507. The Labute approximate surface area is 129 Å². The summed E-state index contributed by atoms with van der Waals surface area (Å²) in [6, 6.07) is -0.161. The van der Waals surface area contributed by atoms with Gasteiger partial charge in [0, 0.05) is 12.5 Å². The molecule has 0 aliphatic carbocycles. The minimum Gasteiger partial charge on any atom is -0.306 e. The first-order chi connectivity index (χ1) is 9.79. The molecule has 1 unspecified atom stereocenters. The quantitative estimate of drug-likeness (QED) is 0.919. The van der Waals surface area contributed by atoms with E-state index in [0.717, 1.165) is 18.1 Å². The van der Waals surface area contributed by atoms with E-state index >= 15 is 0 Å². The van der Waals surface area contributed by atoms with Crippen molar-refractivity contribution in [2.45, 2.75) is 46.3 Å². The van der Waals surface area contributed by atoms with Crippen molar-refractivity contribution in [3.63, 3.8) is 0 Å². The van der Waals surface area contributed by atoms with Gasteiger partial charge < -0.3 is 5.32 Å². The Morgan fingerprint density at radius 2 is 1.90 bits per heavy atom. The number of carbonyl (C=O) groups is 1. The number of anilines is 1. The van der Waals surface area contributed by atoms with Gasteiger partial charge in [-0.2, -0.15) is 10.0 Å². The zero-order valence-electron chi connectivity index (χ0n) is 13.5. The zero-order valence-corrected chi connectivity index (χ0v) is 14.4. The van der Waals surface area contributed by atoms with Gasteiger partial charge in [-0.25, -0.2) is 4.79 Å². The molecule has 8 heteroatoms. The summed E-state index contributed by atoms with van der Waals surface area (Å²) in [6.45, 7) is 12.1. The van der Waals surface area contributed by atoms with Gasteiger partial charge in [0.15, 0.2) is 6.29 Å². The van der Waals surface area contributed by atoms with Gasteiger partial charge in [0.25, 0.3) is 0 Å². The first kappa shape index (κ1) is 16.1. The molecule has 0 saturated carbocycles. The number of nitrogens with one attached hydrogen (secondary N) is 1. The highest BCUT2D eigenvalue weighted by molar-refractivity contribution is 7.15. The largest absolute Gasteiger partial charge is 0.341 e. The molecule has 1 N–H and O–H groups in total. The summed E-state index contributed by atoms with van der Waals surface area (Å²) in [6.07, 6.45) is -0.144. The molecule has 2 rings (SSSR count). The normalized spacial score (nSPS) is 20.4. The highest BCUT2D eigenvalue weighted by atomic mass is 32.1. The summed E-state index contributed by atoms with van der Waals surface area (Å²) in [7, 11) is 1.89. The van der Waals surface area contributed by atoms with Crippen LogP contribution < -0.4 is 10.3 Å². The van der Waals surface area contributed by atoms with Gasteiger partial charge in [-0.05, 0) is 13.1 Å². The van der Waals surface area contributed by atoms with Crippen molar-refractivity contribution >= 4 is 22.5 Å². The number of nitrogens with zero attached hydrogens (tertiary/aromatic N) is 5. The third-order valence-corrected chi connectivity index (χ3v) is 4.83. The van der Waals surface area contributed by atoms with E-state index in [1.165, 1.54) is 11.3 Å². The molecule has 2 amide bonds. The molecule has 21 heavy (non-hydrogen) atoms. The van der Waals surface area contributed by atoms with Crippen molar-refractivity contribution in [3.05, 3.63) is 5.01 Å². The van der Waals surface area contributed by atoms with Crippen LogP contribution in [-0.2, 0) is 5.41 Å². The van der Waals surface area contributed by atoms with Crippen molar-refractivity contribution in [2.75, 3.05) is 25.1 Å². The average molecular weight is 312 g/mol. The maximum Gasteiger partial charge on any atom is 0.341 e. The molecule has 0 radical (unpaired) electrons. The molecule has 1 aliphatic heterocycles. The van der Waals surface area contributed by atoms with Crippen LogP contribution in [-0.4, -0.2) is 52.6 Å². The van der Waals surface area contributed by atoms with Crippen molar-refractivity contribution < 1.29 is 4.79 Å². The summed E-state index contributed by atoms with van der Waals surface area (Å²) in [5.41, 5.74) is -0.0665. The van der Waals surface area contributed by atoms with Crippen LogP contribution in [0.4, 0.5) is 9.93 Å². The third-order valence-electron chi connectivity index (χ3n) is 3.51. The number of aromatic nitrogens is 2. The minimum atomic E-state index is -0.161. The lowest BCUT2D eigenvalue weighted by Gasteiger charge is -2.31. The molecule has 1 fully saturated rings. The summed E-state index contributed by atoms with van der Waals surface area (Å²) in [5, 5.41) is 16.4. The zero-order chi connectivity index (χ0) is 15.8. The van der Waals surface area contributed by atoms with Crippen LogP contribution in [0.2, 0.25) is 0 Å². The van der Waals surface area contributed by atoms with E-state index in [9.17, 15) is 4.79 Å². The maximum absolute atomic E-state index is 12.3. The summed E-state index contributed by atoms with van der Waals surface area (Å²) in [4.78, 5) is 14.4. The molecule has 0 aromatic carbocycles. The Morgan fingerprint density at radius 1 is 1.29 bits per heavy atom. The molecular weight excluding hydrogens is 288 g/mol. The number of urea groups is 1. The fourth-order valence-electron chi connectivity index (χ4n) is 2.24. The summed E-state index contributed by atoms with van der Waals surface area (Å²) < 4.78 is 0. The fraction of sp³-hybridized carbons (Fsp3) is 0.769. The average Bonchev–Trinajstić information content (AvgIpc) is 2.97. The SMILES string of the molecule is CCN(CC)C1NC(=O)N(c2nnc(C(C)(C)C)s2)N1C.